The first-order valence-electron chi connectivity index (χ1n) is 6.58. The maximum atomic E-state index is 5.50. The van der Waals surface area contributed by atoms with Gasteiger partial charge in [-0.3, -0.25) is 0 Å². The summed E-state index contributed by atoms with van der Waals surface area (Å²) in [5.41, 5.74) is 3.32. The van der Waals surface area contributed by atoms with E-state index in [0.29, 0.717) is 5.89 Å². The van der Waals surface area contributed by atoms with E-state index >= 15 is 0 Å². The van der Waals surface area contributed by atoms with Crippen molar-refractivity contribution in [2.24, 2.45) is 0 Å². The quantitative estimate of drug-likeness (QED) is 0.791. The highest BCUT2D eigenvalue weighted by Gasteiger charge is 2.06. The lowest BCUT2D eigenvalue weighted by atomic mass is 10.1. The van der Waals surface area contributed by atoms with Gasteiger partial charge in [0.2, 0.25) is 5.89 Å². The largest absolute Gasteiger partial charge is 0.444 e. The van der Waals surface area contributed by atoms with Gasteiger partial charge in [-0.05, 0) is 37.1 Å². The van der Waals surface area contributed by atoms with Crippen LogP contribution in [0.1, 0.15) is 31.5 Å². The van der Waals surface area contributed by atoms with E-state index in [4.69, 9.17) is 4.42 Å². The van der Waals surface area contributed by atoms with Gasteiger partial charge in [0.05, 0.1) is 5.69 Å². The van der Waals surface area contributed by atoms with E-state index < -0.39 is 0 Å². The SMILES string of the molecule is CCCNCc1coc(-c2ccc(CC)cc2)n1. The first-order valence-corrected chi connectivity index (χ1v) is 6.58. The topological polar surface area (TPSA) is 38.1 Å². The maximum absolute atomic E-state index is 5.50. The molecule has 0 unspecified atom stereocenters. The van der Waals surface area contributed by atoms with Crippen molar-refractivity contribution in [2.75, 3.05) is 6.54 Å². The number of benzene rings is 1. The summed E-state index contributed by atoms with van der Waals surface area (Å²) >= 11 is 0. The number of aryl methyl sites for hydroxylation is 1. The van der Waals surface area contributed by atoms with Crippen LogP contribution in [-0.2, 0) is 13.0 Å². The second kappa shape index (κ2) is 6.36. The van der Waals surface area contributed by atoms with Gasteiger partial charge < -0.3 is 9.73 Å². The van der Waals surface area contributed by atoms with Gasteiger partial charge in [0, 0.05) is 12.1 Å². The fourth-order valence-electron chi connectivity index (χ4n) is 1.80. The van der Waals surface area contributed by atoms with Crippen molar-refractivity contribution >= 4 is 0 Å². The summed E-state index contributed by atoms with van der Waals surface area (Å²) < 4.78 is 5.50. The highest BCUT2D eigenvalue weighted by molar-refractivity contribution is 5.53. The summed E-state index contributed by atoms with van der Waals surface area (Å²) in [7, 11) is 0. The molecule has 3 nitrogen and oxygen atoms in total. The minimum atomic E-state index is 0.700. The van der Waals surface area contributed by atoms with E-state index in [9.17, 15) is 0 Å². The smallest absolute Gasteiger partial charge is 0.226 e. The molecule has 2 rings (SSSR count). The molecular formula is C15H20N2O. The van der Waals surface area contributed by atoms with E-state index in [2.05, 4.69) is 48.4 Å². The number of hydrogen-bond acceptors (Lipinski definition) is 3. The van der Waals surface area contributed by atoms with Crippen LogP contribution in [0.5, 0.6) is 0 Å². The van der Waals surface area contributed by atoms with Crippen LogP contribution in [0.2, 0.25) is 0 Å². The molecule has 0 aliphatic rings. The number of rotatable bonds is 6. The molecule has 0 aliphatic heterocycles. The van der Waals surface area contributed by atoms with Crippen molar-refractivity contribution in [2.45, 2.75) is 33.2 Å². The molecule has 0 aliphatic carbocycles. The number of nitrogens with zero attached hydrogens (tertiary/aromatic N) is 1. The highest BCUT2D eigenvalue weighted by Crippen LogP contribution is 2.19. The van der Waals surface area contributed by atoms with Gasteiger partial charge in [0.1, 0.15) is 6.26 Å². The van der Waals surface area contributed by atoms with Gasteiger partial charge in [0.15, 0.2) is 0 Å². The third-order valence-electron chi connectivity index (χ3n) is 2.89. The van der Waals surface area contributed by atoms with Crippen molar-refractivity contribution in [1.82, 2.24) is 10.3 Å². The Bertz CT molecular complexity index is 473. The predicted octanol–water partition coefficient (Wildman–Crippen LogP) is 3.40. The van der Waals surface area contributed by atoms with E-state index in [0.717, 1.165) is 37.2 Å². The van der Waals surface area contributed by atoms with Crippen LogP contribution in [-0.4, -0.2) is 11.5 Å². The van der Waals surface area contributed by atoms with E-state index in [1.54, 1.807) is 6.26 Å². The van der Waals surface area contributed by atoms with Gasteiger partial charge in [-0.2, -0.15) is 0 Å². The van der Waals surface area contributed by atoms with Gasteiger partial charge in [0.25, 0.3) is 0 Å². The third kappa shape index (κ3) is 3.20. The maximum Gasteiger partial charge on any atom is 0.226 e. The third-order valence-corrected chi connectivity index (χ3v) is 2.89. The Balaban J connectivity index is 2.04. The minimum Gasteiger partial charge on any atom is -0.444 e. The summed E-state index contributed by atoms with van der Waals surface area (Å²) in [5.74, 6) is 0.700. The zero-order chi connectivity index (χ0) is 12.8. The van der Waals surface area contributed by atoms with Gasteiger partial charge in [-0.25, -0.2) is 4.98 Å². The van der Waals surface area contributed by atoms with E-state index in [1.807, 2.05) is 0 Å². The molecule has 0 amide bonds. The molecule has 96 valence electrons. The second-order valence-electron chi connectivity index (χ2n) is 4.37. The van der Waals surface area contributed by atoms with Crippen LogP contribution < -0.4 is 5.32 Å². The lowest BCUT2D eigenvalue weighted by molar-refractivity contribution is 0.570. The van der Waals surface area contributed by atoms with Crippen molar-refractivity contribution < 1.29 is 4.42 Å². The fourth-order valence-corrected chi connectivity index (χ4v) is 1.80. The first kappa shape index (κ1) is 12.8. The first-order chi connectivity index (χ1) is 8.83. The second-order valence-corrected chi connectivity index (χ2v) is 4.37. The molecule has 1 aromatic heterocycles. The lowest BCUT2D eigenvalue weighted by Crippen LogP contribution is -2.13. The average molecular weight is 244 g/mol. The predicted molar refractivity (Wildman–Crippen MR) is 73.3 cm³/mol. The average Bonchev–Trinajstić information content (AvgIpc) is 2.88. The van der Waals surface area contributed by atoms with Crippen LogP contribution in [0.3, 0.4) is 0 Å². The highest BCUT2D eigenvalue weighted by atomic mass is 16.3. The van der Waals surface area contributed by atoms with Crippen molar-refractivity contribution in [1.29, 1.82) is 0 Å². The van der Waals surface area contributed by atoms with Crippen LogP contribution >= 0.6 is 0 Å². The minimum absolute atomic E-state index is 0.700. The monoisotopic (exact) mass is 244 g/mol. The molecule has 1 N–H and O–H groups in total. The Hall–Kier alpha value is -1.61. The molecule has 2 aromatic rings. The molecule has 0 atom stereocenters. The summed E-state index contributed by atoms with van der Waals surface area (Å²) in [4.78, 5) is 4.48. The number of aromatic nitrogens is 1. The zero-order valence-electron chi connectivity index (χ0n) is 11.1. The van der Waals surface area contributed by atoms with E-state index in [-0.39, 0.29) is 0 Å². The molecule has 3 heteroatoms. The molecule has 0 saturated heterocycles. The standard InChI is InChI=1S/C15H20N2O/c1-3-9-16-10-14-11-18-15(17-14)13-7-5-12(4-2)6-8-13/h5-8,11,16H,3-4,9-10H2,1-2H3. The molecule has 1 aromatic carbocycles. The Kier molecular flexibility index (Phi) is 4.53. The molecule has 0 saturated carbocycles. The van der Waals surface area contributed by atoms with Crippen LogP contribution in [0.4, 0.5) is 0 Å². The Labute approximate surface area is 108 Å². The Morgan fingerprint density at radius 3 is 2.61 bits per heavy atom. The van der Waals surface area contributed by atoms with Crippen molar-refractivity contribution in [3.05, 3.63) is 41.8 Å². The number of nitrogens with one attached hydrogen (secondary N) is 1. The van der Waals surface area contributed by atoms with Crippen molar-refractivity contribution in [3.63, 3.8) is 0 Å². The molecule has 0 bridgehead atoms. The van der Waals surface area contributed by atoms with E-state index in [1.165, 1.54) is 5.56 Å². The number of oxazole rings is 1. The summed E-state index contributed by atoms with van der Waals surface area (Å²) in [6, 6.07) is 8.37. The zero-order valence-corrected chi connectivity index (χ0v) is 11.1. The normalized spacial score (nSPS) is 10.8. The molecule has 0 spiro atoms. The van der Waals surface area contributed by atoms with Gasteiger partial charge in [-0.1, -0.05) is 26.0 Å². The molecule has 1 heterocycles. The van der Waals surface area contributed by atoms with Crippen molar-refractivity contribution in [3.8, 4) is 11.5 Å². The summed E-state index contributed by atoms with van der Waals surface area (Å²) in [5, 5.41) is 3.31. The van der Waals surface area contributed by atoms with Crippen LogP contribution in [0.25, 0.3) is 11.5 Å². The van der Waals surface area contributed by atoms with Gasteiger partial charge >= 0.3 is 0 Å². The molecule has 0 radical (unpaired) electrons. The molecule has 18 heavy (non-hydrogen) atoms. The fraction of sp³-hybridized carbons (Fsp3) is 0.400. The molecular weight excluding hydrogens is 224 g/mol. The number of hydrogen-bond donors (Lipinski definition) is 1. The van der Waals surface area contributed by atoms with Crippen LogP contribution in [0.15, 0.2) is 34.9 Å². The molecule has 0 fully saturated rings. The Morgan fingerprint density at radius 1 is 1.17 bits per heavy atom. The van der Waals surface area contributed by atoms with Crippen LogP contribution in [0, 0.1) is 0 Å². The lowest BCUT2D eigenvalue weighted by Gasteiger charge is -1.98. The summed E-state index contributed by atoms with van der Waals surface area (Å²) in [6.45, 7) is 6.08. The Morgan fingerprint density at radius 2 is 1.94 bits per heavy atom. The van der Waals surface area contributed by atoms with Gasteiger partial charge in [-0.15, -0.1) is 0 Å². The summed E-state index contributed by atoms with van der Waals surface area (Å²) in [6.07, 6.45) is 3.91.